The summed E-state index contributed by atoms with van der Waals surface area (Å²) in [5.41, 5.74) is 1.22. The summed E-state index contributed by atoms with van der Waals surface area (Å²) in [4.78, 5) is 0. The largest absolute Gasteiger partial charge is 0.495 e. The van der Waals surface area contributed by atoms with Gasteiger partial charge in [-0.15, -0.1) is 6.58 Å². The van der Waals surface area contributed by atoms with Gasteiger partial charge in [0.15, 0.2) is 0 Å². The number of hydrogen-bond donors (Lipinski definition) is 0. The smallest absolute Gasteiger partial charge is 0.137 e. The standard InChI is InChI=1S/C11H13ClO/c1-3-4-5-9-6-7-10(12)11(8-9)13-2/h3,6-8H,1,4-5H2,2H3. The molecule has 13 heavy (non-hydrogen) atoms. The minimum Gasteiger partial charge on any atom is -0.495 e. The maximum Gasteiger partial charge on any atom is 0.137 e. The molecule has 0 aliphatic carbocycles. The molecule has 0 radical (unpaired) electrons. The van der Waals surface area contributed by atoms with Crippen molar-refractivity contribution in [1.29, 1.82) is 0 Å². The highest BCUT2D eigenvalue weighted by molar-refractivity contribution is 6.32. The van der Waals surface area contributed by atoms with Crippen LogP contribution in [0.25, 0.3) is 0 Å². The maximum absolute atomic E-state index is 5.89. The first kappa shape index (κ1) is 10.1. The zero-order valence-corrected chi connectivity index (χ0v) is 8.47. The van der Waals surface area contributed by atoms with Crippen molar-refractivity contribution in [1.82, 2.24) is 0 Å². The molecule has 0 amide bonds. The first-order valence-electron chi connectivity index (χ1n) is 4.21. The van der Waals surface area contributed by atoms with Crippen LogP contribution < -0.4 is 4.74 Å². The summed E-state index contributed by atoms with van der Waals surface area (Å²) in [6, 6.07) is 5.83. The minimum absolute atomic E-state index is 0.657. The second-order valence-electron chi connectivity index (χ2n) is 2.80. The molecule has 0 aliphatic rings. The maximum atomic E-state index is 5.89. The van der Waals surface area contributed by atoms with E-state index in [1.165, 1.54) is 5.56 Å². The molecule has 1 rings (SSSR count). The third-order valence-electron chi connectivity index (χ3n) is 1.85. The third kappa shape index (κ3) is 2.78. The number of hydrogen-bond acceptors (Lipinski definition) is 1. The van der Waals surface area contributed by atoms with E-state index in [0.29, 0.717) is 5.02 Å². The van der Waals surface area contributed by atoms with Crippen molar-refractivity contribution in [3.8, 4) is 5.75 Å². The topological polar surface area (TPSA) is 9.23 Å². The number of rotatable bonds is 4. The molecule has 1 aromatic rings. The molecular formula is C11H13ClO. The van der Waals surface area contributed by atoms with Crippen LogP contribution in [0.3, 0.4) is 0 Å². The Bertz CT molecular complexity index is 294. The zero-order valence-electron chi connectivity index (χ0n) is 7.72. The van der Waals surface area contributed by atoms with Crippen LogP contribution in [0.15, 0.2) is 30.9 Å². The van der Waals surface area contributed by atoms with Gasteiger partial charge in [-0.25, -0.2) is 0 Å². The minimum atomic E-state index is 0.657. The van der Waals surface area contributed by atoms with Crippen LogP contribution in [0, 0.1) is 0 Å². The number of allylic oxidation sites excluding steroid dienone is 1. The summed E-state index contributed by atoms with van der Waals surface area (Å²) in [6.45, 7) is 3.68. The first-order valence-corrected chi connectivity index (χ1v) is 4.59. The predicted molar refractivity (Wildman–Crippen MR) is 56.5 cm³/mol. The second-order valence-corrected chi connectivity index (χ2v) is 3.20. The van der Waals surface area contributed by atoms with Crippen molar-refractivity contribution >= 4 is 11.6 Å². The van der Waals surface area contributed by atoms with E-state index in [2.05, 4.69) is 6.58 Å². The van der Waals surface area contributed by atoms with Crippen molar-refractivity contribution in [2.45, 2.75) is 12.8 Å². The number of halogens is 1. The van der Waals surface area contributed by atoms with Crippen LogP contribution in [0.1, 0.15) is 12.0 Å². The van der Waals surface area contributed by atoms with Gasteiger partial charge in [0.1, 0.15) is 5.75 Å². The van der Waals surface area contributed by atoms with E-state index >= 15 is 0 Å². The van der Waals surface area contributed by atoms with E-state index in [9.17, 15) is 0 Å². The van der Waals surface area contributed by atoms with Crippen molar-refractivity contribution in [3.05, 3.63) is 41.4 Å². The van der Waals surface area contributed by atoms with E-state index in [4.69, 9.17) is 16.3 Å². The lowest BCUT2D eigenvalue weighted by Crippen LogP contribution is -1.88. The normalized spacial score (nSPS) is 9.69. The van der Waals surface area contributed by atoms with Gasteiger partial charge in [-0.2, -0.15) is 0 Å². The van der Waals surface area contributed by atoms with Crippen molar-refractivity contribution in [2.24, 2.45) is 0 Å². The van der Waals surface area contributed by atoms with Gasteiger partial charge in [-0.05, 0) is 30.5 Å². The molecule has 0 aliphatic heterocycles. The molecule has 0 atom stereocenters. The summed E-state index contributed by atoms with van der Waals surface area (Å²) < 4.78 is 5.11. The summed E-state index contributed by atoms with van der Waals surface area (Å²) in [5.74, 6) is 0.739. The number of ether oxygens (including phenoxy) is 1. The first-order chi connectivity index (χ1) is 6.27. The highest BCUT2D eigenvalue weighted by Gasteiger charge is 2.00. The van der Waals surface area contributed by atoms with Crippen LogP contribution in [0.5, 0.6) is 5.75 Å². The Hall–Kier alpha value is -0.950. The molecule has 0 aromatic heterocycles. The molecule has 1 nitrogen and oxygen atoms in total. The van der Waals surface area contributed by atoms with Crippen molar-refractivity contribution in [3.63, 3.8) is 0 Å². The van der Waals surface area contributed by atoms with Gasteiger partial charge < -0.3 is 4.74 Å². The highest BCUT2D eigenvalue weighted by atomic mass is 35.5. The Balaban J connectivity index is 2.79. The summed E-state index contributed by atoms with van der Waals surface area (Å²) >= 11 is 5.89. The van der Waals surface area contributed by atoms with E-state index in [0.717, 1.165) is 18.6 Å². The molecule has 0 fully saturated rings. The molecule has 0 spiro atoms. The third-order valence-corrected chi connectivity index (χ3v) is 2.16. The molecule has 0 bridgehead atoms. The number of aryl methyl sites for hydroxylation is 1. The van der Waals surface area contributed by atoms with E-state index < -0.39 is 0 Å². The van der Waals surface area contributed by atoms with Gasteiger partial charge >= 0.3 is 0 Å². The lowest BCUT2D eigenvalue weighted by atomic mass is 10.1. The Morgan fingerprint density at radius 2 is 2.31 bits per heavy atom. The van der Waals surface area contributed by atoms with Gasteiger partial charge in [-0.1, -0.05) is 23.7 Å². The molecule has 70 valence electrons. The van der Waals surface area contributed by atoms with Crippen molar-refractivity contribution in [2.75, 3.05) is 7.11 Å². The SMILES string of the molecule is C=CCCc1ccc(Cl)c(OC)c1. The Morgan fingerprint density at radius 3 is 2.92 bits per heavy atom. The predicted octanol–water partition coefficient (Wildman–Crippen LogP) is 3.47. The van der Waals surface area contributed by atoms with Gasteiger partial charge in [0.05, 0.1) is 12.1 Å². The molecule has 0 heterocycles. The molecule has 1 aromatic carbocycles. The fourth-order valence-electron chi connectivity index (χ4n) is 1.13. The molecular weight excluding hydrogens is 184 g/mol. The van der Waals surface area contributed by atoms with Crippen molar-refractivity contribution < 1.29 is 4.74 Å². The average molecular weight is 197 g/mol. The molecule has 0 N–H and O–H groups in total. The van der Waals surface area contributed by atoms with E-state index in [1.807, 2.05) is 24.3 Å². The average Bonchev–Trinajstić information content (AvgIpc) is 2.16. The van der Waals surface area contributed by atoms with Crippen LogP contribution in [-0.2, 0) is 6.42 Å². The van der Waals surface area contributed by atoms with Gasteiger partial charge in [-0.3, -0.25) is 0 Å². The summed E-state index contributed by atoms with van der Waals surface area (Å²) in [5, 5.41) is 0.657. The monoisotopic (exact) mass is 196 g/mol. The fraction of sp³-hybridized carbons (Fsp3) is 0.273. The fourth-order valence-corrected chi connectivity index (χ4v) is 1.32. The second kappa shape index (κ2) is 4.93. The van der Waals surface area contributed by atoms with E-state index in [1.54, 1.807) is 7.11 Å². The van der Waals surface area contributed by atoms with Crippen LogP contribution in [0.4, 0.5) is 0 Å². The lowest BCUT2D eigenvalue weighted by Gasteiger charge is -2.05. The van der Waals surface area contributed by atoms with Gasteiger partial charge in [0.25, 0.3) is 0 Å². The molecule has 0 unspecified atom stereocenters. The number of methoxy groups -OCH3 is 1. The Kier molecular flexibility index (Phi) is 3.84. The Morgan fingerprint density at radius 1 is 1.54 bits per heavy atom. The van der Waals surface area contributed by atoms with Crippen LogP contribution in [-0.4, -0.2) is 7.11 Å². The van der Waals surface area contributed by atoms with Crippen LogP contribution >= 0.6 is 11.6 Å². The molecule has 2 heteroatoms. The van der Waals surface area contributed by atoms with E-state index in [-0.39, 0.29) is 0 Å². The lowest BCUT2D eigenvalue weighted by molar-refractivity contribution is 0.414. The highest BCUT2D eigenvalue weighted by Crippen LogP contribution is 2.25. The summed E-state index contributed by atoms with van der Waals surface area (Å²) in [7, 11) is 1.62. The number of benzene rings is 1. The molecule has 0 saturated carbocycles. The van der Waals surface area contributed by atoms with Gasteiger partial charge in [0, 0.05) is 0 Å². The molecule has 0 saturated heterocycles. The summed E-state index contributed by atoms with van der Waals surface area (Å²) in [6.07, 6.45) is 3.86. The quantitative estimate of drug-likeness (QED) is 0.671. The zero-order chi connectivity index (χ0) is 9.68. The van der Waals surface area contributed by atoms with Gasteiger partial charge in [0.2, 0.25) is 0 Å². The van der Waals surface area contributed by atoms with Crippen LogP contribution in [0.2, 0.25) is 5.02 Å². The Labute approximate surface area is 84.0 Å².